The van der Waals surface area contributed by atoms with Gasteiger partial charge >= 0.3 is 0 Å². The molecule has 18 heavy (non-hydrogen) atoms. The minimum atomic E-state index is -2.67. The van der Waals surface area contributed by atoms with Crippen LogP contribution in [0.2, 0.25) is 0 Å². The van der Waals surface area contributed by atoms with Crippen molar-refractivity contribution in [3.05, 3.63) is 30.3 Å². The summed E-state index contributed by atoms with van der Waals surface area (Å²) in [6.07, 6.45) is 5.29. The second-order valence-corrected chi connectivity index (χ2v) is 7.38. The van der Waals surface area contributed by atoms with Crippen LogP contribution in [-0.4, -0.2) is 13.3 Å². The van der Waals surface area contributed by atoms with E-state index in [-0.39, 0.29) is 0 Å². The molecule has 0 bridgehead atoms. The van der Waals surface area contributed by atoms with Gasteiger partial charge in [-0.15, -0.1) is 0 Å². The van der Waals surface area contributed by atoms with E-state index < -0.39 is 7.37 Å². The molecule has 102 valence electrons. The zero-order valence-electron chi connectivity index (χ0n) is 11.8. The molecule has 0 radical (unpaired) electrons. The summed E-state index contributed by atoms with van der Waals surface area (Å²) in [7, 11) is -1.10. The molecule has 0 aromatic heterocycles. The number of rotatable bonds is 8. The molecular weight excluding hydrogens is 243 g/mol. The maximum absolute atomic E-state index is 12.9. The Kier molecular flexibility index (Phi) is 6.67. The summed E-state index contributed by atoms with van der Waals surface area (Å²) < 4.78 is 18.3. The van der Waals surface area contributed by atoms with E-state index in [1.54, 1.807) is 7.11 Å². The highest BCUT2D eigenvalue weighted by Crippen LogP contribution is 2.47. The highest BCUT2D eigenvalue weighted by Gasteiger charge is 2.27. The van der Waals surface area contributed by atoms with Crippen LogP contribution >= 0.6 is 7.37 Å². The van der Waals surface area contributed by atoms with Crippen molar-refractivity contribution in [3.8, 4) is 0 Å². The molecule has 0 heterocycles. The topological polar surface area (TPSA) is 26.3 Å². The molecular formula is C15H25O2P. The lowest BCUT2D eigenvalue weighted by Crippen LogP contribution is -2.15. The fourth-order valence-corrected chi connectivity index (χ4v) is 4.52. The lowest BCUT2D eigenvalue weighted by atomic mass is 10.0. The minimum absolute atomic E-state index is 0.496. The van der Waals surface area contributed by atoms with Gasteiger partial charge in [-0.2, -0.15) is 0 Å². The molecule has 0 N–H and O–H groups in total. The summed E-state index contributed by atoms with van der Waals surface area (Å²) in [6.45, 7) is 4.37. The van der Waals surface area contributed by atoms with Crippen molar-refractivity contribution in [2.75, 3.05) is 13.3 Å². The maximum atomic E-state index is 12.9. The highest BCUT2D eigenvalue weighted by molar-refractivity contribution is 7.67. The molecule has 1 aromatic rings. The molecule has 2 nitrogen and oxygen atoms in total. The van der Waals surface area contributed by atoms with Crippen LogP contribution in [-0.2, 0) is 9.09 Å². The lowest BCUT2D eigenvalue weighted by molar-refractivity contribution is 0.386. The molecule has 0 amide bonds. The molecule has 2 unspecified atom stereocenters. The van der Waals surface area contributed by atoms with Crippen LogP contribution in [0.3, 0.4) is 0 Å². The van der Waals surface area contributed by atoms with Crippen LogP contribution in [0.4, 0.5) is 0 Å². The van der Waals surface area contributed by atoms with Crippen LogP contribution < -0.4 is 5.30 Å². The maximum Gasteiger partial charge on any atom is 0.232 e. The average Bonchev–Trinajstić information content (AvgIpc) is 2.44. The van der Waals surface area contributed by atoms with Crippen LogP contribution in [0.15, 0.2) is 30.3 Å². The van der Waals surface area contributed by atoms with Gasteiger partial charge in [0.05, 0.1) is 0 Å². The standard InChI is InChI=1S/C15H25O2P/c1-4-6-10-14(5-2)13-18(16,17-3)15-11-8-7-9-12-15/h7-9,11-12,14H,4-6,10,13H2,1-3H3. The lowest BCUT2D eigenvalue weighted by Gasteiger charge is -2.22. The van der Waals surface area contributed by atoms with Gasteiger partial charge in [0.2, 0.25) is 7.37 Å². The smallest absolute Gasteiger partial charge is 0.232 e. The number of unbranched alkanes of at least 4 members (excludes halogenated alkanes) is 1. The third kappa shape index (κ3) is 4.26. The molecule has 1 aromatic carbocycles. The molecule has 2 atom stereocenters. The van der Waals surface area contributed by atoms with Crippen molar-refractivity contribution in [2.24, 2.45) is 5.92 Å². The van der Waals surface area contributed by atoms with Crippen LogP contribution in [0.25, 0.3) is 0 Å². The Labute approximate surface area is 111 Å². The predicted molar refractivity (Wildman–Crippen MR) is 78.9 cm³/mol. The summed E-state index contributed by atoms with van der Waals surface area (Å²) in [5.74, 6) is 0.496. The fourth-order valence-electron chi connectivity index (χ4n) is 2.20. The van der Waals surface area contributed by atoms with Gasteiger partial charge in [0.1, 0.15) is 0 Å². The highest BCUT2D eigenvalue weighted by atomic mass is 31.2. The van der Waals surface area contributed by atoms with Crippen LogP contribution in [0.1, 0.15) is 39.5 Å². The van der Waals surface area contributed by atoms with E-state index in [0.29, 0.717) is 12.1 Å². The van der Waals surface area contributed by atoms with Gasteiger partial charge in [0.25, 0.3) is 0 Å². The molecule has 0 spiro atoms. The van der Waals surface area contributed by atoms with E-state index in [1.807, 2.05) is 30.3 Å². The van der Waals surface area contributed by atoms with Crippen molar-refractivity contribution < 1.29 is 9.09 Å². The Morgan fingerprint density at radius 2 is 1.89 bits per heavy atom. The Balaban J connectivity index is 2.79. The Hall–Kier alpha value is -0.590. The van der Waals surface area contributed by atoms with E-state index in [1.165, 1.54) is 12.8 Å². The first-order valence-electron chi connectivity index (χ1n) is 6.86. The minimum Gasteiger partial charge on any atom is -0.329 e. The summed E-state index contributed by atoms with van der Waals surface area (Å²) in [5.41, 5.74) is 0. The average molecular weight is 268 g/mol. The van der Waals surface area contributed by atoms with E-state index in [9.17, 15) is 4.57 Å². The molecule has 0 saturated heterocycles. The van der Waals surface area contributed by atoms with Gasteiger partial charge in [0.15, 0.2) is 0 Å². The summed E-state index contributed by atoms with van der Waals surface area (Å²) >= 11 is 0. The first-order chi connectivity index (χ1) is 8.66. The van der Waals surface area contributed by atoms with E-state index in [4.69, 9.17) is 4.52 Å². The first kappa shape index (κ1) is 15.5. The second-order valence-electron chi connectivity index (χ2n) is 4.79. The molecule has 0 fully saturated rings. The number of benzene rings is 1. The monoisotopic (exact) mass is 268 g/mol. The molecule has 3 heteroatoms. The van der Waals surface area contributed by atoms with Crippen LogP contribution in [0.5, 0.6) is 0 Å². The Bertz CT molecular complexity index is 375. The third-order valence-corrected chi connectivity index (χ3v) is 6.16. The first-order valence-corrected chi connectivity index (χ1v) is 8.67. The summed E-state index contributed by atoms with van der Waals surface area (Å²) in [6, 6.07) is 9.62. The predicted octanol–water partition coefficient (Wildman–Crippen LogP) is 4.45. The second kappa shape index (κ2) is 7.76. The van der Waals surface area contributed by atoms with E-state index in [2.05, 4.69) is 13.8 Å². The zero-order chi connectivity index (χ0) is 13.4. The van der Waals surface area contributed by atoms with Gasteiger partial charge in [-0.05, 0) is 24.5 Å². The van der Waals surface area contributed by atoms with E-state index >= 15 is 0 Å². The zero-order valence-corrected chi connectivity index (χ0v) is 12.7. The normalized spacial score (nSPS) is 16.2. The van der Waals surface area contributed by atoms with Gasteiger partial charge in [-0.1, -0.05) is 51.3 Å². The number of hydrogen-bond donors (Lipinski definition) is 0. The SMILES string of the molecule is CCCCC(CC)CP(=O)(OC)c1ccccc1. The fraction of sp³-hybridized carbons (Fsp3) is 0.600. The number of hydrogen-bond acceptors (Lipinski definition) is 2. The summed E-state index contributed by atoms with van der Waals surface area (Å²) in [5, 5.41) is 0.849. The van der Waals surface area contributed by atoms with Gasteiger partial charge in [-0.3, -0.25) is 4.57 Å². The Morgan fingerprint density at radius 1 is 1.22 bits per heavy atom. The van der Waals surface area contributed by atoms with E-state index in [0.717, 1.165) is 18.1 Å². The molecule has 0 aliphatic carbocycles. The van der Waals surface area contributed by atoms with Gasteiger partial charge in [-0.25, -0.2) is 0 Å². The van der Waals surface area contributed by atoms with Gasteiger partial charge in [0, 0.05) is 18.6 Å². The quantitative estimate of drug-likeness (QED) is 0.651. The van der Waals surface area contributed by atoms with Gasteiger partial charge < -0.3 is 4.52 Å². The summed E-state index contributed by atoms with van der Waals surface area (Å²) in [4.78, 5) is 0. The van der Waals surface area contributed by atoms with Crippen molar-refractivity contribution in [2.45, 2.75) is 39.5 Å². The van der Waals surface area contributed by atoms with Crippen molar-refractivity contribution in [3.63, 3.8) is 0 Å². The largest absolute Gasteiger partial charge is 0.329 e. The van der Waals surface area contributed by atoms with Crippen molar-refractivity contribution in [1.29, 1.82) is 0 Å². The molecule has 0 aliphatic rings. The molecule has 0 saturated carbocycles. The molecule has 0 aliphatic heterocycles. The van der Waals surface area contributed by atoms with Crippen molar-refractivity contribution >= 4 is 12.7 Å². The Morgan fingerprint density at radius 3 is 2.39 bits per heavy atom. The third-order valence-electron chi connectivity index (χ3n) is 3.49. The van der Waals surface area contributed by atoms with Crippen LogP contribution in [0, 0.1) is 5.92 Å². The van der Waals surface area contributed by atoms with Crippen molar-refractivity contribution in [1.82, 2.24) is 0 Å². The molecule has 1 rings (SSSR count).